The molecule has 0 bridgehead atoms. The SMILES string of the molecule is CCNC(=NCC1(Cc2ccccc2)CC1)NC1CCN(C(=O)C2CCCC2)C1.I. The van der Waals surface area contributed by atoms with Crippen LogP contribution < -0.4 is 10.6 Å². The van der Waals surface area contributed by atoms with Crippen molar-refractivity contribution in [2.45, 2.75) is 64.3 Å². The van der Waals surface area contributed by atoms with E-state index in [-0.39, 0.29) is 29.9 Å². The maximum atomic E-state index is 12.7. The smallest absolute Gasteiger partial charge is 0.225 e. The molecule has 3 fully saturated rings. The third-order valence-corrected chi connectivity index (χ3v) is 6.84. The molecule has 1 heterocycles. The molecule has 4 rings (SSSR count). The molecule has 1 aromatic carbocycles. The van der Waals surface area contributed by atoms with E-state index in [1.54, 1.807) is 0 Å². The van der Waals surface area contributed by atoms with Crippen LogP contribution in [0, 0.1) is 11.3 Å². The number of likely N-dealkylation sites (tertiary alicyclic amines) is 1. The Morgan fingerprint density at radius 2 is 1.90 bits per heavy atom. The van der Waals surface area contributed by atoms with E-state index < -0.39 is 0 Å². The van der Waals surface area contributed by atoms with Crippen molar-refractivity contribution in [3.8, 4) is 0 Å². The van der Waals surface area contributed by atoms with Crippen LogP contribution in [0.4, 0.5) is 0 Å². The molecule has 3 aliphatic rings. The first kappa shape index (κ1) is 23.4. The molecule has 2 aliphatic carbocycles. The summed E-state index contributed by atoms with van der Waals surface area (Å²) in [5, 5.41) is 7.01. The summed E-state index contributed by atoms with van der Waals surface area (Å²) in [5.74, 6) is 1.57. The first-order valence-corrected chi connectivity index (χ1v) is 11.5. The molecule has 2 saturated carbocycles. The van der Waals surface area contributed by atoms with Crippen LogP contribution in [0.2, 0.25) is 0 Å². The van der Waals surface area contributed by atoms with Gasteiger partial charge in [-0.2, -0.15) is 0 Å². The Balaban J connectivity index is 0.00000256. The van der Waals surface area contributed by atoms with Gasteiger partial charge in [0.05, 0.1) is 0 Å². The number of guanidine groups is 1. The van der Waals surface area contributed by atoms with Crippen molar-refractivity contribution in [3.63, 3.8) is 0 Å². The summed E-state index contributed by atoms with van der Waals surface area (Å²) in [6, 6.07) is 11.1. The zero-order chi connectivity index (χ0) is 20.1. The van der Waals surface area contributed by atoms with Crippen molar-refractivity contribution in [1.29, 1.82) is 0 Å². The highest BCUT2D eigenvalue weighted by molar-refractivity contribution is 14.0. The summed E-state index contributed by atoms with van der Waals surface area (Å²) in [5.41, 5.74) is 1.75. The summed E-state index contributed by atoms with van der Waals surface area (Å²) < 4.78 is 0. The maximum absolute atomic E-state index is 12.7. The summed E-state index contributed by atoms with van der Waals surface area (Å²) >= 11 is 0. The number of amides is 1. The predicted octanol–water partition coefficient (Wildman–Crippen LogP) is 3.97. The zero-order valence-corrected chi connectivity index (χ0v) is 20.6. The van der Waals surface area contributed by atoms with Gasteiger partial charge in [0, 0.05) is 38.1 Å². The van der Waals surface area contributed by atoms with Crippen LogP contribution in [0.1, 0.15) is 57.4 Å². The van der Waals surface area contributed by atoms with Gasteiger partial charge in [-0.05, 0) is 56.4 Å². The predicted molar refractivity (Wildman–Crippen MR) is 133 cm³/mol. The van der Waals surface area contributed by atoms with Crippen molar-refractivity contribution < 1.29 is 4.79 Å². The van der Waals surface area contributed by atoms with E-state index >= 15 is 0 Å². The van der Waals surface area contributed by atoms with Crippen LogP contribution in [0.15, 0.2) is 35.3 Å². The summed E-state index contributed by atoms with van der Waals surface area (Å²) in [6.45, 7) is 5.53. The third kappa shape index (κ3) is 6.11. The van der Waals surface area contributed by atoms with Gasteiger partial charge in [-0.25, -0.2) is 0 Å². The first-order valence-electron chi connectivity index (χ1n) is 11.5. The Bertz CT molecular complexity index is 713. The Hall–Kier alpha value is -1.31. The van der Waals surface area contributed by atoms with Crippen LogP contribution in [0.25, 0.3) is 0 Å². The minimum Gasteiger partial charge on any atom is -0.357 e. The standard InChI is InChI=1S/C24H36N4O.HI/c1-2-25-23(26-18-24(13-14-24)16-19-8-4-3-5-9-19)27-21-12-15-28(17-21)22(29)20-10-6-7-11-20;/h3-5,8-9,20-21H,2,6-7,10-18H2,1H3,(H2,25,26,27);1H. The molecular weight excluding hydrogens is 487 g/mol. The number of halogens is 1. The Morgan fingerprint density at radius 3 is 2.57 bits per heavy atom. The molecular formula is C24H37IN4O. The van der Waals surface area contributed by atoms with E-state index in [4.69, 9.17) is 4.99 Å². The first-order chi connectivity index (χ1) is 14.2. The lowest BCUT2D eigenvalue weighted by Gasteiger charge is -2.22. The molecule has 5 nitrogen and oxygen atoms in total. The number of nitrogens with zero attached hydrogens (tertiary/aromatic N) is 2. The summed E-state index contributed by atoms with van der Waals surface area (Å²) in [6.07, 6.45) is 9.25. The highest BCUT2D eigenvalue weighted by Crippen LogP contribution is 2.48. The number of nitrogens with one attached hydrogen (secondary N) is 2. The van der Waals surface area contributed by atoms with Crippen molar-refractivity contribution in [2.24, 2.45) is 16.3 Å². The molecule has 1 aromatic rings. The molecule has 1 amide bonds. The van der Waals surface area contributed by atoms with Gasteiger partial charge in [0.15, 0.2) is 5.96 Å². The van der Waals surface area contributed by atoms with Gasteiger partial charge in [-0.15, -0.1) is 24.0 Å². The number of benzene rings is 1. The lowest BCUT2D eigenvalue weighted by Crippen LogP contribution is -2.45. The van der Waals surface area contributed by atoms with Gasteiger partial charge in [0.25, 0.3) is 0 Å². The second kappa shape index (κ2) is 10.8. The topological polar surface area (TPSA) is 56.7 Å². The highest BCUT2D eigenvalue weighted by Gasteiger charge is 2.42. The molecule has 1 unspecified atom stereocenters. The van der Waals surface area contributed by atoms with E-state index in [1.165, 1.54) is 31.2 Å². The van der Waals surface area contributed by atoms with Crippen LogP contribution in [0.5, 0.6) is 0 Å². The largest absolute Gasteiger partial charge is 0.357 e. The van der Waals surface area contributed by atoms with Crippen molar-refractivity contribution in [2.75, 3.05) is 26.2 Å². The van der Waals surface area contributed by atoms with Gasteiger partial charge in [-0.3, -0.25) is 9.79 Å². The van der Waals surface area contributed by atoms with Crippen LogP contribution in [0.3, 0.4) is 0 Å². The minimum absolute atomic E-state index is 0. The number of rotatable bonds is 7. The Labute approximate surface area is 198 Å². The fourth-order valence-corrected chi connectivity index (χ4v) is 4.87. The molecule has 6 heteroatoms. The second-order valence-corrected chi connectivity index (χ2v) is 9.25. The molecule has 1 atom stereocenters. The number of aliphatic imine (C=N–C) groups is 1. The van der Waals surface area contributed by atoms with Crippen LogP contribution in [-0.2, 0) is 11.2 Å². The molecule has 0 radical (unpaired) electrons. The number of carbonyl (C=O) groups is 1. The Morgan fingerprint density at radius 1 is 1.17 bits per heavy atom. The quantitative estimate of drug-likeness (QED) is 0.323. The van der Waals surface area contributed by atoms with Crippen LogP contribution >= 0.6 is 24.0 Å². The van der Waals surface area contributed by atoms with Gasteiger partial charge in [-0.1, -0.05) is 43.2 Å². The lowest BCUT2D eigenvalue weighted by atomic mass is 9.97. The average Bonchev–Trinajstić information content (AvgIpc) is 3.14. The monoisotopic (exact) mass is 524 g/mol. The van der Waals surface area contributed by atoms with E-state index in [1.807, 2.05) is 0 Å². The number of hydrogen-bond donors (Lipinski definition) is 2. The molecule has 0 aromatic heterocycles. The van der Waals surface area contributed by atoms with Gasteiger partial charge in [0.1, 0.15) is 0 Å². The van der Waals surface area contributed by atoms with Gasteiger partial charge in [0.2, 0.25) is 5.91 Å². The fourth-order valence-electron chi connectivity index (χ4n) is 4.87. The third-order valence-electron chi connectivity index (χ3n) is 6.84. The molecule has 0 spiro atoms. The molecule has 2 N–H and O–H groups in total. The second-order valence-electron chi connectivity index (χ2n) is 9.25. The van der Waals surface area contributed by atoms with Crippen molar-refractivity contribution >= 4 is 35.8 Å². The summed E-state index contributed by atoms with van der Waals surface area (Å²) in [7, 11) is 0. The van der Waals surface area contributed by atoms with E-state index in [0.717, 1.165) is 57.8 Å². The van der Waals surface area contributed by atoms with Crippen molar-refractivity contribution in [3.05, 3.63) is 35.9 Å². The normalized spacial score (nSPS) is 23.2. The van der Waals surface area contributed by atoms with E-state index in [9.17, 15) is 4.79 Å². The lowest BCUT2D eigenvalue weighted by molar-refractivity contribution is -0.134. The maximum Gasteiger partial charge on any atom is 0.225 e. The molecule has 166 valence electrons. The molecule has 1 aliphatic heterocycles. The van der Waals surface area contributed by atoms with Gasteiger partial charge < -0.3 is 15.5 Å². The Kier molecular flexibility index (Phi) is 8.43. The van der Waals surface area contributed by atoms with Crippen LogP contribution in [-0.4, -0.2) is 49.0 Å². The average molecular weight is 524 g/mol. The van der Waals surface area contributed by atoms with Crippen molar-refractivity contribution in [1.82, 2.24) is 15.5 Å². The summed E-state index contributed by atoms with van der Waals surface area (Å²) in [4.78, 5) is 19.7. The fraction of sp³-hybridized carbons (Fsp3) is 0.667. The minimum atomic E-state index is 0. The zero-order valence-electron chi connectivity index (χ0n) is 18.2. The number of carbonyl (C=O) groups excluding carboxylic acids is 1. The molecule has 1 saturated heterocycles. The number of hydrogen-bond acceptors (Lipinski definition) is 2. The van der Waals surface area contributed by atoms with Gasteiger partial charge >= 0.3 is 0 Å². The highest BCUT2D eigenvalue weighted by atomic mass is 127. The van der Waals surface area contributed by atoms with E-state index in [2.05, 4.69) is 52.8 Å². The molecule has 30 heavy (non-hydrogen) atoms. The van der Waals surface area contributed by atoms with E-state index in [0.29, 0.717) is 17.4 Å².